The van der Waals surface area contributed by atoms with Crippen LogP contribution >= 0.6 is 0 Å². The van der Waals surface area contributed by atoms with Crippen molar-refractivity contribution in [1.82, 2.24) is 0 Å². The van der Waals surface area contributed by atoms with E-state index in [1.165, 1.54) is 0 Å². The summed E-state index contributed by atoms with van der Waals surface area (Å²) in [5.74, 6) is 0. The Morgan fingerprint density at radius 2 is 1.57 bits per heavy atom. The van der Waals surface area contributed by atoms with Crippen molar-refractivity contribution >= 4 is 0 Å². The van der Waals surface area contributed by atoms with Gasteiger partial charge in [-0.3, -0.25) is 0 Å². The van der Waals surface area contributed by atoms with Gasteiger partial charge in [-0.15, -0.1) is 0 Å². The first-order chi connectivity index (χ1) is 6.70. The summed E-state index contributed by atoms with van der Waals surface area (Å²) in [6.07, 6.45) is -0.931. The molecule has 1 aromatic rings. The van der Waals surface area contributed by atoms with Gasteiger partial charge in [0.05, 0.1) is 6.10 Å². The fraction of sp³-hybridized carbons (Fsp3) is 0.455. The highest BCUT2D eigenvalue weighted by Crippen LogP contribution is 2.25. The van der Waals surface area contributed by atoms with Crippen LogP contribution in [0.25, 0.3) is 0 Å². The quantitative estimate of drug-likeness (QED) is 0.749. The van der Waals surface area contributed by atoms with Crippen LogP contribution in [0.4, 0.5) is 0 Å². The van der Waals surface area contributed by atoms with E-state index in [0.29, 0.717) is 0 Å². The first-order valence-electron chi connectivity index (χ1n) is 4.53. The van der Waals surface area contributed by atoms with E-state index >= 15 is 0 Å². The van der Waals surface area contributed by atoms with Crippen molar-refractivity contribution in [2.45, 2.75) is 19.3 Å². The lowest BCUT2D eigenvalue weighted by Crippen LogP contribution is -2.08. The molecule has 0 fully saturated rings. The summed E-state index contributed by atoms with van der Waals surface area (Å²) in [5.41, 5.74) is 1.70. The maximum absolute atomic E-state index is 9.53. The predicted octanol–water partition coefficient (Wildman–Crippen LogP) is 2.03. The Morgan fingerprint density at radius 1 is 1.07 bits per heavy atom. The minimum absolute atomic E-state index is 0.416. The van der Waals surface area contributed by atoms with E-state index in [2.05, 4.69) is 0 Å². The van der Waals surface area contributed by atoms with Crippen LogP contribution in [0, 0.1) is 0 Å². The second-order valence-electron chi connectivity index (χ2n) is 3.11. The molecule has 0 unspecified atom stereocenters. The third-order valence-corrected chi connectivity index (χ3v) is 2.13. The average molecular weight is 196 g/mol. The molecule has 3 heteroatoms. The molecule has 0 saturated carbocycles. The molecule has 0 saturated heterocycles. The van der Waals surface area contributed by atoms with Crippen LogP contribution in [0.15, 0.2) is 24.3 Å². The number of rotatable bonds is 4. The highest BCUT2D eigenvalue weighted by Gasteiger charge is 2.15. The van der Waals surface area contributed by atoms with Gasteiger partial charge in [0.2, 0.25) is 0 Å². The first kappa shape index (κ1) is 11.2. The summed E-state index contributed by atoms with van der Waals surface area (Å²) in [6.45, 7) is 1.72. The van der Waals surface area contributed by atoms with Gasteiger partial charge in [-0.25, -0.2) is 0 Å². The largest absolute Gasteiger partial charge is 0.389 e. The van der Waals surface area contributed by atoms with Crippen LogP contribution < -0.4 is 0 Å². The van der Waals surface area contributed by atoms with Gasteiger partial charge in [0.25, 0.3) is 0 Å². The number of ether oxygens (including phenoxy) is 2. The summed E-state index contributed by atoms with van der Waals surface area (Å²) >= 11 is 0. The zero-order valence-corrected chi connectivity index (χ0v) is 8.73. The lowest BCUT2D eigenvalue weighted by atomic mass is 10.0. The molecule has 0 spiro atoms. The normalized spacial score (nSPS) is 13.2. The van der Waals surface area contributed by atoms with Crippen LogP contribution in [0.1, 0.15) is 30.4 Å². The lowest BCUT2D eigenvalue weighted by molar-refractivity contribution is -0.107. The number of aliphatic hydroxyl groups excluding tert-OH is 1. The minimum atomic E-state index is -0.515. The number of hydrogen-bond donors (Lipinski definition) is 1. The summed E-state index contributed by atoms with van der Waals surface area (Å²) in [6, 6.07) is 7.53. The molecule has 0 radical (unpaired) electrons. The van der Waals surface area contributed by atoms with Crippen molar-refractivity contribution in [2.24, 2.45) is 0 Å². The lowest BCUT2D eigenvalue weighted by Gasteiger charge is -2.18. The molecule has 1 aromatic carbocycles. The van der Waals surface area contributed by atoms with Crippen LogP contribution in [0.2, 0.25) is 0 Å². The first-order valence-corrected chi connectivity index (χ1v) is 4.53. The fourth-order valence-corrected chi connectivity index (χ4v) is 1.46. The Balaban J connectivity index is 3.05. The van der Waals surface area contributed by atoms with E-state index in [1.54, 1.807) is 21.1 Å². The molecular formula is C11H16O3. The molecule has 1 rings (SSSR count). The zero-order valence-electron chi connectivity index (χ0n) is 8.73. The van der Waals surface area contributed by atoms with Crippen molar-refractivity contribution in [2.75, 3.05) is 14.2 Å². The van der Waals surface area contributed by atoms with E-state index < -0.39 is 12.4 Å². The summed E-state index contributed by atoms with van der Waals surface area (Å²) in [4.78, 5) is 0. The molecule has 0 heterocycles. The van der Waals surface area contributed by atoms with Gasteiger partial charge >= 0.3 is 0 Å². The Hall–Kier alpha value is -0.900. The van der Waals surface area contributed by atoms with Crippen molar-refractivity contribution in [3.63, 3.8) is 0 Å². The molecule has 0 aliphatic heterocycles. The van der Waals surface area contributed by atoms with Crippen LogP contribution in [-0.2, 0) is 9.47 Å². The number of benzene rings is 1. The molecule has 14 heavy (non-hydrogen) atoms. The minimum Gasteiger partial charge on any atom is -0.389 e. The standard InChI is InChI=1S/C11H16O3/c1-8(12)9-6-4-5-7-10(9)11(13-2)14-3/h4-8,11-12H,1-3H3/t8-/m1/s1. The number of methoxy groups -OCH3 is 2. The van der Waals surface area contributed by atoms with Gasteiger partial charge in [0.1, 0.15) is 0 Å². The number of aliphatic hydroxyl groups is 1. The van der Waals surface area contributed by atoms with Crippen molar-refractivity contribution in [3.8, 4) is 0 Å². The van der Waals surface area contributed by atoms with E-state index in [-0.39, 0.29) is 0 Å². The third kappa shape index (κ3) is 2.32. The zero-order chi connectivity index (χ0) is 10.6. The highest BCUT2D eigenvalue weighted by molar-refractivity contribution is 5.29. The van der Waals surface area contributed by atoms with Crippen molar-refractivity contribution in [1.29, 1.82) is 0 Å². The molecule has 78 valence electrons. The second-order valence-corrected chi connectivity index (χ2v) is 3.11. The topological polar surface area (TPSA) is 38.7 Å². The molecule has 3 nitrogen and oxygen atoms in total. The van der Waals surface area contributed by atoms with Gasteiger partial charge in [-0.2, -0.15) is 0 Å². The predicted molar refractivity (Wildman–Crippen MR) is 53.8 cm³/mol. The van der Waals surface area contributed by atoms with Gasteiger partial charge < -0.3 is 14.6 Å². The molecule has 0 aliphatic rings. The van der Waals surface area contributed by atoms with Crippen LogP contribution in [0.5, 0.6) is 0 Å². The smallest absolute Gasteiger partial charge is 0.183 e. The number of hydrogen-bond acceptors (Lipinski definition) is 3. The molecule has 0 amide bonds. The van der Waals surface area contributed by atoms with Gasteiger partial charge in [-0.1, -0.05) is 24.3 Å². The molecule has 0 bridgehead atoms. The van der Waals surface area contributed by atoms with Gasteiger partial charge in [0, 0.05) is 19.8 Å². The fourth-order valence-electron chi connectivity index (χ4n) is 1.46. The Morgan fingerprint density at radius 3 is 2.00 bits per heavy atom. The maximum Gasteiger partial charge on any atom is 0.183 e. The summed E-state index contributed by atoms with van der Waals surface area (Å²) in [5, 5.41) is 9.53. The van der Waals surface area contributed by atoms with Crippen LogP contribution in [0.3, 0.4) is 0 Å². The summed E-state index contributed by atoms with van der Waals surface area (Å²) < 4.78 is 10.3. The molecule has 1 N–H and O–H groups in total. The monoisotopic (exact) mass is 196 g/mol. The highest BCUT2D eigenvalue weighted by atomic mass is 16.7. The van der Waals surface area contributed by atoms with Crippen molar-refractivity contribution < 1.29 is 14.6 Å². The van der Waals surface area contributed by atoms with E-state index in [4.69, 9.17) is 9.47 Å². The molecule has 0 aliphatic carbocycles. The van der Waals surface area contributed by atoms with Gasteiger partial charge in [-0.05, 0) is 12.5 Å². The molecule has 1 atom stereocenters. The van der Waals surface area contributed by atoms with E-state index in [0.717, 1.165) is 11.1 Å². The van der Waals surface area contributed by atoms with E-state index in [1.807, 2.05) is 24.3 Å². The average Bonchev–Trinajstić information content (AvgIpc) is 2.20. The maximum atomic E-state index is 9.53. The van der Waals surface area contributed by atoms with Crippen molar-refractivity contribution in [3.05, 3.63) is 35.4 Å². The van der Waals surface area contributed by atoms with Crippen LogP contribution in [-0.4, -0.2) is 19.3 Å². The molecular weight excluding hydrogens is 180 g/mol. The second kappa shape index (κ2) is 5.10. The Bertz CT molecular complexity index is 280. The van der Waals surface area contributed by atoms with E-state index in [9.17, 15) is 5.11 Å². The molecule has 0 aromatic heterocycles. The Labute approximate surface area is 84.3 Å². The van der Waals surface area contributed by atoms with Gasteiger partial charge in [0.15, 0.2) is 6.29 Å². The SMILES string of the molecule is COC(OC)c1ccccc1[C@@H](C)O. The Kier molecular flexibility index (Phi) is 4.07. The summed E-state index contributed by atoms with van der Waals surface area (Å²) in [7, 11) is 3.15. The third-order valence-electron chi connectivity index (χ3n) is 2.13.